The van der Waals surface area contributed by atoms with Crippen LogP contribution >= 0.6 is 15.6 Å². The lowest BCUT2D eigenvalue weighted by Gasteiger charge is -2.21. The fraction of sp³-hybridized carbons (Fsp3) is 0.949. The van der Waals surface area contributed by atoms with Crippen LogP contribution in [0.2, 0.25) is 0 Å². The number of carbonyl (C=O) groups is 4. The maximum atomic E-state index is 13.1. The number of esters is 4. The molecule has 19 heteroatoms. The molecule has 0 spiro atoms. The Kier molecular flexibility index (Phi) is 69.3. The summed E-state index contributed by atoms with van der Waals surface area (Å²) in [5, 5.41) is 10.6. The van der Waals surface area contributed by atoms with Crippen LogP contribution in [0.3, 0.4) is 0 Å². The highest BCUT2D eigenvalue weighted by Gasteiger charge is 2.30. The van der Waals surface area contributed by atoms with E-state index in [4.69, 9.17) is 37.0 Å². The Morgan fingerprint density at radius 2 is 0.469 bits per heavy atom. The van der Waals surface area contributed by atoms with Crippen molar-refractivity contribution < 1.29 is 80.2 Å². The number of unbranched alkanes of at least 4 members (excludes halogenated alkanes) is 48. The molecule has 0 saturated heterocycles. The van der Waals surface area contributed by atoms with Crippen LogP contribution in [0.1, 0.15) is 414 Å². The summed E-state index contributed by atoms with van der Waals surface area (Å²) in [6.45, 7) is 9.61. The van der Waals surface area contributed by atoms with Crippen LogP contribution in [-0.2, 0) is 65.4 Å². The number of hydrogen-bond donors (Lipinski definition) is 3. The van der Waals surface area contributed by atoms with E-state index in [1.807, 2.05) is 0 Å². The van der Waals surface area contributed by atoms with E-state index < -0.39 is 97.5 Å². The molecular formula is C79H154O17P2. The van der Waals surface area contributed by atoms with Crippen molar-refractivity contribution in [1.82, 2.24) is 0 Å². The molecule has 5 atom stereocenters. The zero-order valence-electron chi connectivity index (χ0n) is 64.1. The first kappa shape index (κ1) is 96.1. The number of phosphoric ester groups is 2. The lowest BCUT2D eigenvalue weighted by atomic mass is 10.0. The van der Waals surface area contributed by atoms with Gasteiger partial charge in [-0.1, -0.05) is 363 Å². The van der Waals surface area contributed by atoms with E-state index in [1.165, 1.54) is 231 Å². The summed E-state index contributed by atoms with van der Waals surface area (Å²) in [4.78, 5) is 72.9. The van der Waals surface area contributed by atoms with Gasteiger partial charge in [0.1, 0.15) is 19.3 Å². The molecule has 0 aliphatic rings. The third-order valence-electron chi connectivity index (χ3n) is 18.5. The van der Waals surface area contributed by atoms with Crippen molar-refractivity contribution >= 4 is 39.5 Å². The first-order chi connectivity index (χ1) is 47.4. The molecule has 0 aromatic carbocycles. The van der Waals surface area contributed by atoms with Crippen molar-refractivity contribution in [3.63, 3.8) is 0 Å². The Morgan fingerprint density at radius 1 is 0.276 bits per heavy atom. The molecule has 0 aromatic heterocycles. The van der Waals surface area contributed by atoms with Crippen molar-refractivity contribution in [2.45, 2.75) is 432 Å². The van der Waals surface area contributed by atoms with Crippen molar-refractivity contribution in [3.05, 3.63) is 0 Å². The van der Waals surface area contributed by atoms with Gasteiger partial charge in [0, 0.05) is 25.7 Å². The Morgan fingerprint density at radius 3 is 0.694 bits per heavy atom. The summed E-state index contributed by atoms with van der Waals surface area (Å²) in [6, 6.07) is 0. The van der Waals surface area contributed by atoms with Crippen LogP contribution in [0.4, 0.5) is 0 Å². The van der Waals surface area contributed by atoms with Gasteiger partial charge in [-0.3, -0.25) is 37.3 Å². The summed E-state index contributed by atoms with van der Waals surface area (Å²) >= 11 is 0. The number of hydrogen-bond acceptors (Lipinski definition) is 15. The van der Waals surface area contributed by atoms with Gasteiger partial charge in [-0.25, -0.2) is 9.13 Å². The molecule has 0 rings (SSSR count). The molecule has 582 valence electrons. The molecule has 0 aliphatic carbocycles. The Bertz CT molecular complexity index is 1890. The van der Waals surface area contributed by atoms with E-state index in [-0.39, 0.29) is 25.7 Å². The summed E-state index contributed by atoms with van der Waals surface area (Å²) in [7, 11) is -9.91. The fourth-order valence-corrected chi connectivity index (χ4v) is 13.8. The lowest BCUT2D eigenvalue weighted by Crippen LogP contribution is -2.30. The highest BCUT2D eigenvalue weighted by Crippen LogP contribution is 2.45. The van der Waals surface area contributed by atoms with Crippen molar-refractivity contribution in [2.75, 3.05) is 39.6 Å². The topological polar surface area (TPSA) is 237 Å². The van der Waals surface area contributed by atoms with Gasteiger partial charge in [-0.2, -0.15) is 0 Å². The largest absolute Gasteiger partial charge is 0.472 e. The average Bonchev–Trinajstić information content (AvgIpc) is 1.45. The van der Waals surface area contributed by atoms with E-state index in [0.717, 1.165) is 102 Å². The number of aliphatic hydroxyl groups is 1. The number of rotatable bonds is 78. The van der Waals surface area contributed by atoms with E-state index in [9.17, 15) is 43.2 Å². The number of ether oxygens (including phenoxy) is 4. The number of carbonyl (C=O) groups excluding carboxylic acids is 4. The van der Waals surface area contributed by atoms with Gasteiger partial charge >= 0.3 is 39.5 Å². The molecule has 0 bridgehead atoms. The van der Waals surface area contributed by atoms with Gasteiger partial charge in [0.15, 0.2) is 12.2 Å². The smallest absolute Gasteiger partial charge is 0.462 e. The molecule has 0 aliphatic heterocycles. The molecule has 0 fully saturated rings. The van der Waals surface area contributed by atoms with Crippen LogP contribution in [0, 0.1) is 11.8 Å². The monoisotopic (exact) mass is 1440 g/mol. The molecular weight excluding hydrogens is 1280 g/mol. The molecule has 2 unspecified atom stereocenters. The quantitative estimate of drug-likeness (QED) is 0.0222. The second kappa shape index (κ2) is 70.7. The van der Waals surface area contributed by atoms with E-state index in [1.54, 1.807) is 0 Å². The number of aliphatic hydroxyl groups excluding tert-OH is 1. The van der Waals surface area contributed by atoms with Crippen LogP contribution < -0.4 is 0 Å². The molecule has 3 N–H and O–H groups in total. The summed E-state index contributed by atoms with van der Waals surface area (Å²) in [5.41, 5.74) is 0. The Labute approximate surface area is 600 Å². The molecule has 98 heavy (non-hydrogen) atoms. The molecule has 0 aromatic rings. The lowest BCUT2D eigenvalue weighted by molar-refractivity contribution is -0.161. The van der Waals surface area contributed by atoms with E-state index in [0.29, 0.717) is 25.7 Å². The van der Waals surface area contributed by atoms with Crippen molar-refractivity contribution in [3.8, 4) is 0 Å². The first-order valence-corrected chi connectivity index (χ1v) is 44.0. The van der Waals surface area contributed by atoms with Gasteiger partial charge in [-0.15, -0.1) is 0 Å². The number of phosphoric acid groups is 2. The average molecular weight is 1440 g/mol. The normalized spacial score (nSPS) is 13.9. The second-order valence-corrected chi connectivity index (χ2v) is 32.3. The van der Waals surface area contributed by atoms with Crippen LogP contribution in [0.15, 0.2) is 0 Å². The highest BCUT2D eigenvalue weighted by atomic mass is 31.2. The Hall–Kier alpha value is -1.94. The maximum absolute atomic E-state index is 13.1. The Balaban J connectivity index is 5.21. The molecule has 0 saturated carbocycles. The second-order valence-electron chi connectivity index (χ2n) is 29.4. The highest BCUT2D eigenvalue weighted by molar-refractivity contribution is 7.47. The molecule has 17 nitrogen and oxygen atoms in total. The standard InChI is InChI=1S/C79H154O17P2/c1-7-9-11-13-15-17-18-19-20-21-22-23-24-25-28-32-39-45-51-57-63-78(83)95-75(68-90-77(82)62-56-50-44-38-31-29-26-27-30-36-41-47-53-59-71(3)4)70-94-98(87,88)92-66-73(80)65-91-97(85,86)93-69-74(67-89-76(81)61-55-49-43-35-16-14-12-10-8-2)96-79(84)64-58-52-46-40-34-33-37-42-48-54-60-72(5)6/h71-75,80H,7-70H2,1-6H3,(H,85,86)(H,87,88)/t73-,74+,75+/m0/s1. The summed E-state index contributed by atoms with van der Waals surface area (Å²) in [6.07, 6.45) is 59.7. The van der Waals surface area contributed by atoms with Crippen LogP contribution in [0.25, 0.3) is 0 Å². The SMILES string of the molecule is CCCCCCCCCCCCCCCCCCCCCCC(=O)O[C@H](COC(=O)CCCCCCCCCCCCCCCC(C)C)COP(=O)(O)OC[C@@H](O)COP(=O)(O)OC[C@@H](COC(=O)CCCCCCCCCCC)OC(=O)CCCCCCCCCCCCC(C)C. The molecule has 0 amide bonds. The fourth-order valence-electron chi connectivity index (χ4n) is 12.2. The zero-order valence-corrected chi connectivity index (χ0v) is 65.9. The van der Waals surface area contributed by atoms with E-state index >= 15 is 0 Å². The minimum atomic E-state index is -4.96. The van der Waals surface area contributed by atoms with Crippen LogP contribution in [0.5, 0.6) is 0 Å². The first-order valence-electron chi connectivity index (χ1n) is 41.0. The van der Waals surface area contributed by atoms with Gasteiger partial charge in [0.2, 0.25) is 0 Å². The summed E-state index contributed by atoms with van der Waals surface area (Å²) < 4.78 is 68.6. The molecule has 0 heterocycles. The molecule has 0 radical (unpaired) electrons. The third-order valence-corrected chi connectivity index (χ3v) is 20.4. The van der Waals surface area contributed by atoms with Crippen molar-refractivity contribution in [2.24, 2.45) is 11.8 Å². The zero-order chi connectivity index (χ0) is 72.1. The summed E-state index contributed by atoms with van der Waals surface area (Å²) in [5.74, 6) is -0.570. The van der Waals surface area contributed by atoms with Gasteiger partial charge in [0.05, 0.1) is 26.4 Å². The minimum absolute atomic E-state index is 0.106. The van der Waals surface area contributed by atoms with Crippen LogP contribution in [-0.4, -0.2) is 96.7 Å². The van der Waals surface area contributed by atoms with E-state index in [2.05, 4.69) is 41.5 Å². The third kappa shape index (κ3) is 72.4. The van der Waals surface area contributed by atoms with Gasteiger partial charge < -0.3 is 33.8 Å². The van der Waals surface area contributed by atoms with Gasteiger partial charge in [0.25, 0.3) is 0 Å². The van der Waals surface area contributed by atoms with Gasteiger partial charge in [-0.05, 0) is 37.5 Å². The maximum Gasteiger partial charge on any atom is 0.472 e. The van der Waals surface area contributed by atoms with Crippen molar-refractivity contribution in [1.29, 1.82) is 0 Å². The minimum Gasteiger partial charge on any atom is -0.462 e. The predicted molar refractivity (Wildman–Crippen MR) is 400 cm³/mol. The predicted octanol–water partition coefficient (Wildman–Crippen LogP) is 23.5.